The summed E-state index contributed by atoms with van der Waals surface area (Å²) in [4.78, 5) is 12.4. The summed E-state index contributed by atoms with van der Waals surface area (Å²) in [5, 5.41) is 4.29. The largest absolute Gasteiger partial charge is 0.496 e. The highest BCUT2D eigenvalue weighted by molar-refractivity contribution is 9.10. The maximum atomic E-state index is 13.7. The summed E-state index contributed by atoms with van der Waals surface area (Å²) in [5.41, 5.74) is 0.640. The van der Waals surface area contributed by atoms with Crippen molar-refractivity contribution >= 4 is 38.3 Å². The lowest BCUT2D eigenvalue weighted by atomic mass is 10.0. The van der Waals surface area contributed by atoms with Crippen LogP contribution in [0.3, 0.4) is 0 Å². The molecule has 3 nitrogen and oxygen atoms in total. The Labute approximate surface area is 151 Å². The minimum Gasteiger partial charge on any atom is -0.496 e. The van der Waals surface area contributed by atoms with Crippen LogP contribution in [0, 0.1) is 11.6 Å². The molecule has 3 aromatic carbocycles. The van der Waals surface area contributed by atoms with Crippen LogP contribution in [0.15, 0.2) is 53.0 Å². The fourth-order valence-electron chi connectivity index (χ4n) is 2.66. The van der Waals surface area contributed by atoms with Gasteiger partial charge in [-0.2, -0.15) is 0 Å². The van der Waals surface area contributed by atoms with Gasteiger partial charge in [-0.05, 0) is 41.1 Å². The van der Waals surface area contributed by atoms with Gasteiger partial charge in [0, 0.05) is 16.1 Å². The van der Waals surface area contributed by atoms with Crippen molar-refractivity contribution in [3.63, 3.8) is 0 Å². The maximum Gasteiger partial charge on any atom is 0.229 e. The summed E-state index contributed by atoms with van der Waals surface area (Å²) in [5.74, 6) is -1.36. The average Bonchev–Trinajstić information content (AvgIpc) is 2.57. The molecular formula is C19H14BrF2NO2. The van der Waals surface area contributed by atoms with E-state index in [4.69, 9.17) is 4.74 Å². The topological polar surface area (TPSA) is 38.3 Å². The lowest BCUT2D eigenvalue weighted by Crippen LogP contribution is -2.16. The third kappa shape index (κ3) is 3.79. The number of benzene rings is 3. The smallest absolute Gasteiger partial charge is 0.229 e. The van der Waals surface area contributed by atoms with E-state index in [9.17, 15) is 13.6 Å². The van der Waals surface area contributed by atoms with Crippen molar-refractivity contribution in [3.05, 3.63) is 70.2 Å². The monoisotopic (exact) mass is 405 g/mol. The number of anilines is 1. The fraction of sp³-hybridized carbons (Fsp3) is 0.105. The van der Waals surface area contributed by atoms with E-state index in [0.29, 0.717) is 11.3 Å². The summed E-state index contributed by atoms with van der Waals surface area (Å²) in [7, 11) is 1.53. The van der Waals surface area contributed by atoms with E-state index in [1.54, 1.807) is 6.07 Å². The number of hydrogen-bond acceptors (Lipinski definition) is 2. The van der Waals surface area contributed by atoms with Crippen molar-refractivity contribution in [2.75, 3.05) is 12.4 Å². The summed E-state index contributed by atoms with van der Waals surface area (Å²) in [6, 6.07) is 12.4. The molecule has 128 valence electrons. The van der Waals surface area contributed by atoms with Crippen LogP contribution in [0.25, 0.3) is 10.8 Å². The second-order valence-electron chi connectivity index (χ2n) is 5.46. The summed E-state index contributed by atoms with van der Waals surface area (Å²) in [6.07, 6.45) is -0.00103. The molecular weight excluding hydrogens is 392 g/mol. The highest BCUT2D eigenvalue weighted by Crippen LogP contribution is 2.30. The molecule has 1 amide bonds. The van der Waals surface area contributed by atoms with Gasteiger partial charge in [-0.15, -0.1) is 0 Å². The number of rotatable bonds is 4. The third-order valence-corrected chi connectivity index (χ3v) is 4.31. The second kappa shape index (κ2) is 7.19. The molecule has 0 aliphatic rings. The number of ether oxygens (including phenoxy) is 1. The number of methoxy groups -OCH3 is 1. The van der Waals surface area contributed by atoms with Gasteiger partial charge < -0.3 is 10.1 Å². The molecule has 0 spiro atoms. The van der Waals surface area contributed by atoms with Gasteiger partial charge in [-0.3, -0.25) is 4.79 Å². The molecule has 0 aliphatic carbocycles. The van der Waals surface area contributed by atoms with Crippen LogP contribution >= 0.6 is 15.9 Å². The lowest BCUT2D eigenvalue weighted by Gasteiger charge is -2.13. The first-order valence-electron chi connectivity index (χ1n) is 7.48. The first-order chi connectivity index (χ1) is 12.0. The molecule has 0 bridgehead atoms. The molecule has 25 heavy (non-hydrogen) atoms. The molecule has 1 N–H and O–H groups in total. The minimum absolute atomic E-state index is 0.00103. The molecule has 6 heteroatoms. The van der Waals surface area contributed by atoms with Gasteiger partial charge in [-0.25, -0.2) is 8.78 Å². The molecule has 0 saturated heterocycles. The maximum absolute atomic E-state index is 13.7. The quantitative estimate of drug-likeness (QED) is 0.657. The summed E-state index contributed by atoms with van der Waals surface area (Å²) in [6.45, 7) is 0. The number of carbonyl (C=O) groups is 1. The Bertz CT molecular complexity index is 960. The van der Waals surface area contributed by atoms with Gasteiger partial charge in [0.25, 0.3) is 0 Å². The van der Waals surface area contributed by atoms with E-state index >= 15 is 0 Å². The van der Waals surface area contributed by atoms with Crippen molar-refractivity contribution in [2.24, 2.45) is 0 Å². The molecule has 0 fully saturated rings. The number of fused-ring (bicyclic) bond motifs is 1. The number of amides is 1. The van der Waals surface area contributed by atoms with Crippen molar-refractivity contribution in [3.8, 4) is 5.75 Å². The van der Waals surface area contributed by atoms with E-state index in [1.165, 1.54) is 13.2 Å². The number of carbonyl (C=O) groups excluding carboxylic acids is 1. The van der Waals surface area contributed by atoms with E-state index in [-0.39, 0.29) is 12.1 Å². The average molecular weight is 406 g/mol. The van der Waals surface area contributed by atoms with Crippen LogP contribution in [-0.2, 0) is 11.2 Å². The van der Waals surface area contributed by atoms with Gasteiger partial charge in [0.2, 0.25) is 5.91 Å². The Morgan fingerprint density at radius 2 is 1.92 bits per heavy atom. The zero-order valence-corrected chi connectivity index (χ0v) is 14.9. The van der Waals surface area contributed by atoms with Crippen LogP contribution in [-0.4, -0.2) is 13.0 Å². The van der Waals surface area contributed by atoms with Crippen LogP contribution in [0.2, 0.25) is 0 Å². The molecule has 3 rings (SSSR count). The summed E-state index contributed by atoms with van der Waals surface area (Å²) >= 11 is 3.42. The van der Waals surface area contributed by atoms with Gasteiger partial charge in [0.15, 0.2) is 0 Å². The number of halogens is 3. The van der Waals surface area contributed by atoms with E-state index in [1.807, 2.05) is 24.3 Å². The van der Waals surface area contributed by atoms with Crippen molar-refractivity contribution in [1.82, 2.24) is 0 Å². The van der Waals surface area contributed by atoms with E-state index in [0.717, 1.165) is 27.4 Å². The molecule has 3 aromatic rings. The molecule has 0 aromatic heterocycles. The standard InChI is InChI=1S/C19H14BrF2NO2/c1-25-18-7-2-11-8-12(20)3-5-14(11)15(18)10-19(24)23-17-6-4-13(21)9-16(17)22/h2-9H,10H2,1H3,(H,23,24). The van der Waals surface area contributed by atoms with Gasteiger partial charge in [0.05, 0.1) is 19.2 Å². The Morgan fingerprint density at radius 3 is 2.64 bits per heavy atom. The Hall–Kier alpha value is -2.47. The normalized spacial score (nSPS) is 10.7. The Balaban J connectivity index is 1.92. The highest BCUT2D eigenvalue weighted by Gasteiger charge is 2.15. The van der Waals surface area contributed by atoms with Gasteiger partial charge in [-0.1, -0.05) is 28.1 Å². The van der Waals surface area contributed by atoms with Crippen LogP contribution < -0.4 is 10.1 Å². The van der Waals surface area contributed by atoms with Crippen LogP contribution in [0.4, 0.5) is 14.5 Å². The Kier molecular flexibility index (Phi) is 4.99. The van der Waals surface area contributed by atoms with Crippen molar-refractivity contribution < 1.29 is 18.3 Å². The zero-order valence-electron chi connectivity index (χ0n) is 13.3. The fourth-order valence-corrected chi connectivity index (χ4v) is 3.04. The first kappa shape index (κ1) is 17.4. The predicted molar refractivity (Wildman–Crippen MR) is 96.9 cm³/mol. The van der Waals surface area contributed by atoms with E-state index < -0.39 is 17.5 Å². The molecule has 0 aliphatic heterocycles. The molecule has 0 atom stereocenters. The Morgan fingerprint density at radius 1 is 1.12 bits per heavy atom. The third-order valence-electron chi connectivity index (χ3n) is 3.81. The predicted octanol–water partition coefficient (Wildman–Crippen LogP) is 5.07. The lowest BCUT2D eigenvalue weighted by molar-refractivity contribution is -0.115. The van der Waals surface area contributed by atoms with Crippen LogP contribution in [0.1, 0.15) is 5.56 Å². The van der Waals surface area contributed by atoms with Crippen molar-refractivity contribution in [1.29, 1.82) is 0 Å². The highest BCUT2D eigenvalue weighted by atomic mass is 79.9. The van der Waals surface area contributed by atoms with Crippen LogP contribution in [0.5, 0.6) is 5.75 Å². The second-order valence-corrected chi connectivity index (χ2v) is 6.38. The SMILES string of the molecule is COc1ccc2cc(Br)ccc2c1CC(=O)Nc1ccc(F)cc1F. The molecule has 0 radical (unpaired) electrons. The van der Waals surface area contributed by atoms with E-state index in [2.05, 4.69) is 21.2 Å². The van der Waals surface area contributed by atoms with Gasteiger partial charge in [0.1, 0.15) is 17.4 Å². The number of nitrogens with one attached hydrogen (secondary N) is 1. The van der Waals surface area contributed by atoms with Crippen molar-refractivity contribution in [2.45, 2.75) is 6.42 Å². The first-order valence-corrected chi connectivity index (χ1v) is 8.27. The molecule has 0 unspecified atom stereocenters. The number of hydrogen-bond donors (Lipinski definition) is 1. The van der Waals surface area contributed by atoms with Gasteiger partial charge >= 0.3 is 0 Å². The molecule has 0 saturated carbocycles. The summed E-state index contributed by atoms with van der Waals surface area (Å²) < 4.78 is 33.0. The zero-order chi connectivity index (χ0) is 18.0. The minimum atomic E-state index is -0.817. The molecule has 0 heterocycles.